The van der Waals surface area contributed by atoms with Gasteiger partial charge in [0.25, 0.3) is 0 Å². The van der Waals surface area contributed by atoms with Crippen LogP contribution in [-0.4, -0.2) is 20.6 Å². The topological polar surface area (TPSA) is 38.0 Å². The first-order valence-corrected chi connectivity index (χ1v) is 4.49. The Balaban J connectivity index is -0.000000138. The molecule has 0 aromatic rings. The Morgan fingerprint density at radius 1 is 1.18 bits per heavy atom. The zero-order valence-electron chi connectivity index (χ0n) is 9.07. The summed E-state index contributed by atoms with van der Waals surface area (Å²) in [6, 6.07) is 0. The van der Waals surface area contributed by atoms with Crippen molar-refractivity contribution in [3.63, 3.8) is 0 Å². The summed E-state index contributed by atoms with van der Waals surface area (Å²) in [4.78, 5) is 0. The summed E-state index contributed by atoms with van der Waals surface area (Å²) in [7, 11) is 3.49. The smallest absolute Gasteiger partial charge is 0.00495 e. The van der Waals surface area contributed by atoms with Crippen LogP contribution in [0.3, 0.4) is 0 Å². The summed E-state index contributed by atoms with van der Waals surface area (Å²) < 4.78 is 0. The van der Waals surface area contributed by atoms with Crippen molar-refractivity contribution in [2.45, 2.75) is 34.1 Å². The number of nitrogens with one attached hydrogen (secondary N) is 1. The molecule has 0 saturated carbocycles. The van der Waals surface area contributed by atoms with Crippen LogP contribution >= 0.6 is 0 Å². The lowest BCUT2D eigenvalue weighted by atomic mass is 10.1. The third-order valence-corrected chi connectivity index (χ3v) is 0.972. The molecule has 0 radical (unpaired) electrons. The quantitative estimate of drug-likeness (QED) is 0.664. The van der Waals surface area contributed by atoms with Crippen LogP contribution in [-0.2, 0) is 0 Å². The van der Waals surface area contributed by atoms with E-state index in [1.807, 2.05) is 20.9 Å². The van der Waals surface area contributed by atoms with Crippen LogP contribution < -0.4 is 11.1 Å². The second kappa shape index (κ2) is 22.5. The molecule has 0 atom stereocenters. The van der Waals surface area contributed by atoms with Crippen molar-refractivity contribution in [3.8, 4) is 0 Å². The molecule has 0 saturated heterocycles. The van der Waals surface area contributed by atoms with Crippen LogP contribution in [0.2, 0.25) is 0 Å². The normalized spacial score (nSPS) is 7.64. The molecule has 0 heterocycles. The standard InChI is InChI=1S/C6H15N.C2H6.CH5N/c1-6(2)4-5-7-3;2*1-2/h6-7H,4-5H2,1-3H3;1-2H3;2H2,1H3. The first-order chi connectivity index (χ1) is 5.27. The van der Waals surface area contributed by atoms with Crippen LogP contribution in [0.15, 0.2) is 0 Å². The Labute approximate surface area is 72.6 Å². The van der Waals surface area contributed by atoms with Crippen molar-refractivity contribution in [3.05, 3.63) is 0 Å². The Kier molecular flexibility index (Phi) is 35.1. The van der Waals surface area contributed by atoms with Gasteiger partial charge in [-0.3, -0.25) is 0 Å². The van der Waals surface area contributed by atoms with Crippen molar-refractivity contribution in [2.75, 3.05) is 20.6 Å². The highest BCUT2D eigenvalue weighted by molar-refractivity contribution is 4.45. The highest BCUT2D eigenvalue weighted by atomic mass is 14.8. The van der Waals surface area contributed by atoms with E-state index in [0.29, 0.717) is 0 Å². The van der Waals surface area contributed by atoms with Gasteiger partial charge in [-0.05, 0) is 33.0 Å². The SMILES string of the molecule is CC.CN.CNCCC(C)C. The fraction of sp³-hybridized carbons (Fsp3) is 1.00. The Hall–Kier alpha value is -0.0800. The van der Waals surface area contributed by atoms with E-state index in [9.17, 15) is 0 Å². The molecule has 2 heteroatoms. The summed E-state index contributed by atoms with van der Waals surface area (Å²) in [5.41, 5.74) is 4.50. The molecule has 11 heavy (non-hydrogen) atoms. The van der Waals surface area contributed by atoms with E-state index in [0.717, 1.165) is 12.5 Å². The number of rotatable bonds is 3. The summed E-state index contributed by atoms with van der Waals surface area (Å²) in [6.45, 7) is 9.62. The zero-order valence-corrected chi connectivity index (χ0v) is 9.07. The van der Waals surface area contributed by atoms with E-state index in [1.54, 1.807) is 0 Å². The van der Waals surface area contributed by atoms with E-state index in [1.165, 1.54) is 13.5 Å². The van der Waals surface area contributed by atoms with Gasteiger partial charge in [-0.25, -0.2) is 0 Å². The lowest BCUT2D eigenvalue weighted by Gasteiger charge is -2.00. The van der Waals surface area contributed by atoms with Crippen LogP contribution in [0, 0.1) is 5.92 Å². The number of hydrogen-bond acceptors (Lipinski definition) is 2. The van der Waals surface area contributed by atoms with Crippen molar-refractivity contribution in [2.24, 2.45) is 11.7 Å². The maximum absolute atomic E-state index is 4.50. The van der Waals surface area contributed by atoms with E-state index in [2.05, 4.69) is 24.9 Å². The molecule has 0 aliphatic heterocycles. The van der Waals surface area contributed by atoms with Crippen LogP contribution in [0.1, 0.15) is 34.1 Å². The van der Waals surface area contributed by atoms with E-state index in [-0.39, 0.29) is 0 Å². The highest BCUT2D eigenvalue weighted by Gasteiger charge is 1.88. The van der Waals surface area contributed by atoms with Gasteiger partial charge >= 0.3 is 0 Å². The van der Waals surface area contributed by atoms with Crippen LogP contribution in [0.5, 0.6) is 0 Å². The molecule has 2 nitrogen and oxygen atoms in total. The predicted molar refractivity (Wildman–Crippen MR) is 54.8 cm³/mol. The molecule has 72 valence electrons. The summed E-state index contributed by atoms with van der Waals surface area (Å²) in [5.74, 6) is 0.840. The fourth-order valence-corrected chi connectivity index (χ4v) is 0.433. The lowest BCUT2D eigenvalue weighted by Crippen LogP contribution is -2.09. The average molecular weight is 162 g/mol. The first kappa shape index (κ1) is 17.1. The van der Waals surface area contributed by atoms with Crippen molar-refractivity contribution in [1.82, 2.24) is 5.32 Å². The molecular weight excluding hydrogens is 136 g/mol. The number of nitrogens with two attached hydrogens (primary N) is 1. The van der Waals surface area contributed by atoms with E-state index >= 15 is 0 Å². The van der Waals surface area contributed by atoms with Gasteiger partial charge in [-0.1, -0.05) is 27.7 Å². The minimum Gasteiger partial charge on any atom is -0.333 e. The van der Waals surface area contributed by atoms with Crippen LogP contribution in [0.4, 0.5) is 0 Å². The Morgan fingerprint density at radius 3 is 1.64 bits per heavy atom. The van der Waals surface area contributed by atoms with Crippen molar-refractivity contribution >= 4 is 0 Å². The molecule has 0 amide bonds. The predicted octanol–water partition coefficient (Wildman–Crippen LogP) is 1.85. The molecule has 0 unspecified atom stereocenters. The summed E-state index contributed by atoms with van der Waals surface area (Å²) in [5, 5.41) is 3.10. The van der Waals surface area contributed by atoms with Crippen molar-refractivity contribution in [1.29, 1.82) is 0 Å². The third-order valence-electron chi connectivity index (χ3n) is 0.972. The summed E-state index contributed by atoms with van der Waals surface area (Å²) in [6.07, 6.45) is 1.29. The molecule has 3 N–H and O–H groups in total. The highest BCUT2D eigenvalue weighted by Crippen LogP contribution is 1.94. The van der Waals surface area contributed by atoms with Gasteiger partial charge < -0.3 is 11.1 Å². The maximum Gasteiger partial charge on any atom is -0.00495 e. The largest absolute Gasteiger partial charge is 0.333 e. The molecule has 0 rings (SSSR count). The first-order valence-electron chi connectivity index (χ1n) is 4.49. The van der Waals surface area contributed by atoms with Gasteiger partial charge in [0.1, 0.15) is 0 Å². The minimum absolute atomic E-state index is 0.840. The van der Waals surface area contributed by atoms with E-state index in [4.69, 9.17) is 0 Å². The van der Waals surface area contributed by atoms with Crippen molar-refractivity contribution < 1.29 is 0 Å². The summed E-state index contributed by atoms with van der Waals surface area (Å²) >= 11 is 0. The van der Waals surface area contributed by atoms with Gasteiger partial charge in [-0.15, -0.1) is 0 Å². The molecule has 0 spiro atoms. The van der Waals surface area contributed by atoms with E-state index < -0.39 is 0 Å². The van der Waals surface area contributed by atoms with Gasteiger partial charge in [0.15, 0.2) is 0 Å². The minimum atomic E-state index is 0.840. The number of hydrogen-bond donors (Lipinski definition) is 2. The molecule has 0 aliphatic carbocycles. The zero-order chi connectivity index (χ0) is 9.70. The van der Waals surface area contributed by atoms with Gasteiger partial charge in [0, 0.05) is 0 Å². The molecule has 0 aliphatic rings. The molecule has 0 fully saturated rings. The van der Waals surface area contributed by atoms with Gasteiger partial charge in [0.2, 0.25) is 0 Å². The lowest BCUT2D eigenvalue weighted by molar-refractivity contribution is 0.562. The molecule has 0 aromatic heterocycles. The average Bonchev–Trinajstić information content (AvgIpc) is 2.08. The maximum atomic E-state index is 4.50. The Bertz CT molecular complexity index is 36.5. The monoisotopic (exact) mass is 162 g/mol. The second-order valence-electron chi connectivity index (χ2n) is 2.29. The third kappa shape index (κ3) is 40.5. The van der Waals surface area contributed by atoms with Gasteiger partial charge in [0.05, 0.1) is 0 Å². The van der Waals surface area contributed by atoms with Crippen LogP contribution in [0.25, 0.3) is 0 Å². The Morgan fingerprint density at radius 2 is 1.55 bits per heavy atom. The second-order valence-corrected chi connectivity index (χ2v) is 2.29. The van der Waals surface area contributed by atoms with Gasteiger partial charge in [-0.2, -0.15) is 0 Å². The fourth-order valence-electron chi connectivity index (χ4n) is 0.433. The molecular formula is C9H26N2. The molecule has 0 bridgehead atoms. The molecule has 0 aromatic carbocycles.